The van der Waals surface area contributed by atoms with Gasteiger partial charge in [-0.3, -0.25) is 9.59 Å². The van der Waals surface area contributed by atoms with Crippen molar-refractivity contribution in [3.8, 4) is 0 Å². The van der Waals surface area contributed by atoms with E-state index in [1.54, 1.807) is 24.3 Å². The summed E-state index contributed by atoms with van der Waals surface area (Å²) in [5.41, 5.74) is 0.483. The summed E-state index contributed by atoms with van der Waals surface area (Å²) in [5, 5.41) is 11.5. The van der Waals surface area contributed by atoms with Gasteiger partial charge in [-0.1, -0.05) is 15.9 Å². The standard InChI is InChI=1S/C14H19BrN2O4/c1-21-9-7-17(6-8-18)13(19)10-16-14(20)11-2-4-12(15)5-3-11/h2-5,18H,6-10H2,1H3,(H,16,20). The highest BCUT2D eigenvalue weighted by atomic mass is 79.9. The number of carbonyl (C=O) groups is 2. The molecule has 0 saturated heterocycles. The maximum Gasteiger partial charge on any atom is 0.251 e. The molecule has 1 rings (SSSR count). The SMILES string of the molecule is COCCN(CCO)C(=O)CNC(=O)c1ccc(Br)cc1. The van der Waals surface area contributed by atoms with Crippen LogP contribution in [0.25, 0.3) is 0 Å². The number of hydrogen-bond donors (Lipinski definition) is 2. The summed E-state index contributed by atoms with van der Waals surface area (Å²) < 4.78 is 5.79. The molecule has 0 radical (unpaired) electrons. The van der Waals surface area contributed by atoms with Crippen LogP contribution in [0.5, 0.6) is 0 Å². The molecule has 0 aromatic heterocycles. The molecule has 0 saturated carbocycles. The largest absolute Gasteiger partial charge is 0.395 e. The molecule has 0 aliphatic heterocycles. The number of methoxy groups -OCH3 is 1. The van der Waals surface area contributed by atoms with Crippen LogP contribution >= 0.6 is 15.9 Å². The van der Waals surface area contributed by atoms with E-state index in [4.69, 9.17) is 9.84 Å². The maximum absolute atomic E-state index is 12.0. The molecular formula is C14H19BrN2O4. The molecule has 0 heterocycles. The number of halogens is 1. The van der Waals surface area contributed by atoms with Crippen molar-refractivity contribution < 1.29 is 19.4 Å². The smallest absolute Gasteiger partial charge is 0.251 e. The molecule has 1 aromatic carbocycles. The van der Waals surface area contributed by atoms with Crippen LogP contribution in [-0.2, 0) is 9.53 Å². The number of ether oxygens (including phenoxy) is 1. The van der Waals surface area contributed by atoms with Gasteiger partial charge in [0.2, 0.25) is 5.91 Å². The Labute approximate surface area is 132 Å². The van der Waals surface area contributed by atoms with Crippen LogP contribution in [0.3, 0.4) is 0 Å². The summed E-state index contributed by atoms with van der Waals surface area (Å²) in [7, 11) is 1.54. The second-order valence-electron chi connectivity index (χ2n) is 4.29. The highest BCUT2D eigenvalue weighted by molar-refractivity contribution is 9.10. The Hall–Kier alpha value is -1.44. The molecule has 0 spiro atoms. The molecule has 7 heteroatoms. The van der Waals surface area contributed by atoms with Crippen molar-refractivity contribution in [3.05, 3.63) is 34.3 Å². The third-order valence-corrected chi connectivity index (χ3v) is 3.32. The first-order valence-corrected chi connectivity index (χ1v) is 7.29. The fourth-order valence-corrected chi connectivity index (χ4v) is 1.92. The lowest BCUT2D eigenvalue weighted by atomic mass is 10.2. The van der Waals surface area contributed by atoms with Crippen molar-refractivity contribution in [2.45, 2.75) is 0 Å². The highest BCUT2D eigenvalue weighted by Crippen LogP contribution is 2.10. The van der Waals surface area contributed by atoms with E-state index in [2.05, 4.69) is 21.2 Å². The number of aliphatic hydroxyl groups excluding tert-OH is 1. The molecule has 0 atom stereocenters. The van der Waals surface area contributed by atoms with Crippen molar-refractivity contribution in [1.29, 1.82) is 0 Å². The Morgan fingerprint density at radius 3 is 2.52 bits per heavy atom. The average Bonchev–Trinajstić information content (AvgIpc) is 2.49. The van der Waals surface area contributed by atoms with Gasteiger partial charge >= 0.3 is 0 Å². The molecule has 21 heavy (non-hydrogen) atoms. The molecule has 2 N–H and O–H groups in total. The summed E-state index contributed by atoms with van der Waals surface area (Å²) in [5.74, 6) is -0.571. The number of nitrogens with one attached hydrogen (secondary N) is 1. The topological polar surface area (TPSA) is 78.9 Å². The summed E-state index contributed by atoms with van der Waals surface area (Å²) in [6, 6.07) is 6.85. The zero-order valence-corrected chi connectivity index (χ0v) is 13.4. The molecule has 1 aromatic rings. The molecule has 0 bridgehead atoms. The summed E-state index contributed by atoms with van der Waals surface area (Å²) in [6.45, 7) is 0.738. The zero-order valence-electron chi connectivity index (χ0n) is 11.8. The quantitative estimate of drug-likeness (QED) is 0.714. The lowest BCUT2D eigenvalue weighted by Gasteiger charge is -2.21. The Morgan fingerprint density at radius 2 is 1.95 bits per heavy atom. The number of benzene rings is 1. The van der Waals surface area contributed by atoms with Gasteiger partial charge in [-0.2, -0.15) is 0 Å². The first-order chi connectivity index (χ1) is 10.1. The summed E-state index contributed by atoms with van der Waals surface area (Å²) in [4.78, 5) is 25.3. The van der Waals surface area contributed by atoms with E-state index in [-0.39, 0.29) is 31.5 Å². The maximum atomic E-state index is 12.0. The van der Waals surface area contributed by atoms with Gasteiger partial charge in [0.15, 0.2) is 0 Å². The van der Waals surface area contributed by atoms with Crippen LogP contribution < -0.4 is 5.32 Å². The second kappa shape index (κ2) is 9.49. The van der Waals surface area contributed by atoms with Gasteiger partial charge in [0.25, 0.3) is 5.91 Å². The third-order valence-electron chi connectivity index (χ3n) is 2.79. The molecule has 0 unspecified atom stereocenters. The van der Waals surface area contributed by atoms with Crippen molar-refractivity contribution in [1.82, 2.24) is 10.2 Å². The van der Waals surface area contributed by atoms with Crippen LogP contribution in [0, 0.1) is 0 Å². The molecule has 6 nitrogen and oxygen atoms in total. The predicted octanol–water partition coefficient (Wildman–Crippen LogP) is 0.646. The van der Waals surface area contributed by atoms with Crippen molar-refractivity contribution in [2.24, 2.45) is 0 Å². The van der Waals surface area contributed by atoms with E-state index >= 15 is 0 Å². The summed E-state index contributed by atoms with van der Waals surface area (Å²) >= 11 is 3.29. The van der Waals surface area contributed by atoms with Crippen LogP contribution in [0.2, 0.25) is 0 Å². The van der Waals surface area contributed by atoms with Crippen LogP contribution in [0.4, 0.5) is 0 Å². The van der Waals surface area contributed by atoms with Gasteiger partial charge < -0.3 is 20.1 Å². The molecule has 2 amide bonds. The van der Waals surface area contributed by atoms with Gasteiger partial charge in [0.1, 0.15) is 0 Å². The van der Waals surface area contributed by atoms with E-state index in [1.165, 1.54) is 12.0 Å². The second-order valence-corrected chi connectivity index (χ2v) is 5.20. The Bertz CT molecular complexity index is 465. The Morgan fingerprint density at radius 1 is 1.29 bits per heavy atom. The monoisotopic (exact) mass is 358 g/mol. The predicted molar refractivity (Wildman–Crippen MR) is 82.0 cm³/mol. The van der Waals surface area contributed by atoms with E-state index in [9.17, 15) is 9.59 Å². The Balaban J connectivity index is 2.49. The number of hydrogen-bond acceptors (Lipinski definition) is 4. The first-order valence-electron chi connectivity index (χ1n) is 6.49. The van der Waals surface area contributed by atoms with Gasteiger partial charge in [0, 0.05) is 30.2 Å². The number of nitrogens with zero attached hydrogens (tertiary/aromatic N) is 1. The van der Waals surface area contributed by atoms with Crippen LogP contribution in [0.1, 0.15) is 10.4 Å². The van der Waals surface area contributed by atoms with Crippen molar-refractivity contribution in [3.63, 3.8) is 0 Å². The third kappa shape index (κ3) is 6.24. The fourth-order valence-electron chi connectivity index (χ4n) is 1.65. The average molecular weight is 359 g/mol. The van der Waals surface area contributed by atoms with Gasteiger partial charge in [-0.05, 0) is 24.3 Å². The van der Waals surface area contributed by atoms with Crippen LogP contribution in [-0.4, -0.2) is 61.8 Å². The van der Waals surface area contributed by atoms with Gasteiger partial charge in [0.05, 0.1) is 19.8 Å². The fraction of sp³-hybridized carbons (Fsp3) is 0.429. The van der Waals surface area contributed by atoms with Crippen molar-refractivity contribution in [2.75, 3.05) is 40.0 Å². The van der Waals surface area contributed by atoms with E-state index in [1.807, 2.05) is 0 Å². The minimum atomic E-state index is -0.313. The van der Waals surface area contributed by atoms with Gasteiger partial charge in [-0.15, -0.1) is 0 Å². The van der Waals surface area contributed by atoms with E-state index < -0.39 is 0 Å². The first kappa shape index (κ1) is 17.6. The van der Waals surface area contributed by atoms with Crippen molar-refractivity contribution >= 4 is 27.7 Å². The normalized spacial score (nSPS) is 10.2. The highest BCUT2D eigenvalue weighted by Gasteiger charge is 2.14. The lowest BCUT2D eigenvalue weighted by molar-refractivity contribution is -0.131. The van der Waals surface area contributed by atoms with E-state index in [0.29, 0.717) is 18.7 Å². The minimum Gasteiger partial charge on any atom is -0.395 e. The van der Waals surface area contributed by atoms with Gasteiger partial charge in [-0.25, -0.2) is 0 Å². The summed E-state index contributed by atoms with van der Waals surface area (Å²) in [6.07, 6.45) is 0. The molecule has 0 aliphatic carbocycles. The van der Waals surface area contributed by atoms with Crippen LogP contribution in [0.15, 0.2) is 28.7 Å². The molecule has 0 fully saturated rings. The minimum absolute atomic E-state index is 0.112. The van der Waals surface area contributed by atoms with E-state index in [0.717, 1.165) is 4.47 Å². The number of carbonyl (C=O) groups excluding carboxylic acids is 2. The Kier molecular flexibility index (Phi) is 7.96. The molecule has 116 valence electrons. The number of rotatable bonds is 8. The number of amides is 2. The lowest BCUT2D eigenvalue weighted by Crippen LogP contribution is -2.42. The molecular weight excluding hydrogens is 340 g/mol. The molecule has 0 aliphatic rings. The zero-order chi connectivity index (χ0) is 15.7. The number of aliphatic hydroxyl groups is 1.